The number of likely N-dealkylation sites (tertiary alicyclic amines) is 1. The molecule has 0 saturated carbocycles. The number of anilines is 2. The SMILES string of the molecule is O=C(O)c1cc(NS(=O)(=O)c2ccccc2Cl)ccc1N1CCC[C@@H](CN2CCCC2)C1. The fraction of sp³-hybridized carbons (Fsp3) is 0.435. The van der Waals surface area contributed by atoms with Crippen LogP contribution in [0.5, 0.6) is 0 Å². The van der Waals surface area contributed by atoms with Gasteiger partial charge in [0.1, 0.15) is 4.90 Å². The molecule has 32 heavy (non-hydrogen) atoms. The first-order valence-corrected chi connectivity index (χ1v) is 12.8. The van der Waals surface area contributed by atoms with Crippen LogP contribution in [0.15, 0.2) is 47.4 Å². The molecule has 2 saturated heterocycles. The number of carbonyl (C=O) groups is 1. The highest BCUT2D eigenvalue weighted by molar-refractivity contribution is 7.92. The fourth-order valence-electron chi connectivity index (χ4n) is 4.68. The molecule has 1 atom stereocenters. The molecule has 2 aliphatic heterocycles. The van der Waals surface area contributed by atoms with Crippen LogP contribution in [-0.4, -0.2) is 57.1 Å². The van der Waals surface area contributed by atoms with Crippen LogP contribution >= 0.6 is 11.6 Å². The minimum Gasteiger partial charge on any atom is -0.478 e. The third kappa shape index (κ3) is 5.19. The lowest BCUT2D eigenvalue weighted by molar-refractivity contribution is 0.0697. The topological polar surface area (TPSA) is 89.9 Å². The van der Waals surface area contributed by atoms with E-state index in [1.165, 1.54) is 31.0 Å². The van der Waals surface area contributed by atoms with Crippen molar-refractivity contribution < 1.29 is 18.3 Å². The average molecular weight is 478 g/mol. The van der Waals surface area contributed by atoms with Crippen molar-refractivity contribution in [3.63, 3.8) is 0 Å². The predicted molar refractivity (Wildman–Crippen MR) is 126 cm³/mol. The summed E-state index contributed by atoms with van der Waals surface area (Å²) in [6.07, 6.45) is 4.67. The van der Waals surface area contributed by atoms with E-state index >= 15 is 0 Å². The van der Waals surface area contributed by atoms with Crippen molar-refractivity contribution in [3.05, 3.63) is 53.1 Å². The first kappa shape index (κ1) is 22.9. The minimum atomic E-state index is -3.94. The highest BCUT2D eigenvalue weighted by Gasteiger charge is 2.27. The lowest BCUT2D eigenvalue weighted by Gasteiger charge is -2.36. The Bertz CT molecular complexity index is 1090. The molecule has 0 aliphatic carbocycles. The smallest absolute Gasteiger partial charge is 0.337 e. The maximum atomic E-state index is 12.7. The van der Waals surface area contributed by atoms with Gasteiger partial charge < -0.3 is 14.9 Å². The number of carboxylic acids is 1. The molecule has 0 aromatic heterocycles. The van der Waals surface area contributed by atoms with E-state index in [0.717, 1.165) is 45.6 Å². The highest BCUT2D eigenvalue weighted by atomic mass is 35.5. The van der Waals surface area contributed by atoms with E-state index in [2.05, 4.69) is 14.5 Å². The summed E-state index contributed by atoms with van der Waals surface area (Å²) >= 11 is 6.03. The summed E-state index contributed by atoms with van der Waals surface area (Å²) < 4.78 is 27.9. The Morgan fingerprint density at radius 1 is 1.09 bits per heavy atom. The number of benzene rings is 2. The number of rotatable bonds is 7. The Labute approximate surface area is 194 Å². The number of halogens is 1. The zero-order chi connectivity index (χ0) is 22.7. The molecule has 0 bridgehead atoms. The van der Waals surface area contributed by atoms with Crippen LogP contribution in [0.4, 0.5) is 11.4 Å². The van der Waals surface area contributed by atoms with Gasteiger partial charge in [0.2, 0.25) is 0 Å². The van der Waals surface area contributed by atoms with Gasteiger partial charge in [-0.15, -0.1) is 0 Å². The molecule has 0 radical (unpaired) electrons. The lowest BCUT2D eigenvalue weighted by atomic mass is 9.96. The van der Waals surface area contributed by atoms with Gasteiger partial charge in [-0.05, 0) is 75.0 Å². The molecule has 2 aromatic carbocycles. The Kier molecular flexibility index (Phi) is 6.93. The Balaban J connectivity index is 1.54. The van der Waals surface area contributed by atoms with E-state index in [1.54, 1.807) is 24.3 Å². The molecular formula is C23H28ClN3O4S. The molecule has 0 unspecified atom stereocenters. The third-order valence-corrected chi connectivity index (χ3v) is 8.06. The summed E-state index contributed by atoms with van der Waals surface area (Å²) in [5.41, 5.74) is 0.909. The number of aromatic carboxylic acids is 1. The van der Waals surface area contributed by atoms with Crippen molar-refractivity contribution in [1.82, 2.24) is 4.90 Å². The molecule has 4 rings (SSSR count). The van der Waals surface area contributed by atoms with Crippen LogP contribution in [0.25, 0.3) is 0 Å². The zero-order valence-electron chi connectivity index (χ0n) is 17.8. The van der Waals surface area contributed by atoms with Gasteiger partial charge in [-0.1, -0.05) is 23.7 Å². The van der Waals surface area contributed by atoms with E-state index in [9.17, 15) is 18.3 Å². The number of carboxylic acid groups (broad SMARTS) is 1. The van der Waals surface area contributed by atoms with Gasteiger partial charge in [-0.3, -0.25) is 4.72 Å². The van der Waals surface area contributed by atoms with Crippen LogP contribution in [0, 0.1) is 5.92 Å². The molecule has 2 fully saturated rings. The third-order valence-electron chi connectivity index (χ3n) is 6.18. The van der Waals surface area contributed by atoms with Gasteiger partial charge in [0, 0.05) is 25.3 Å². The van der Waals surface area contributed by atoms with Gasteiger partial charge >= 0.3 is 5.97 Å². The quantitative estimate of drug-likeness (QED) is 0.622. The summed E-state index contributed by atoms with van der Waals surface area (Å²) in [4.78, 5) is 16.6. The van der Waals surface area contributed by atoms with Crippen LogP contribution < -0.4 is 9.62 Å². The molecule has 2 aromatic rings. The number of nitrogens with one attached hydrogen (secondary N) is 1. The molecular weight excluding hydrogens is 450 g/mol. The number of nitrogens with zero attached hydrogens (tertiary/aromatic N) is 2. The summed E-state index contributed by atoms with van der Waals surface area (Å²) in [7, 11) is -3.94. The van der Waals surface area contributed by atoms with Crippen molar-refractivity contribution in [2.75, 3.05) is 42.3 Å². The van der Waals surface area contributed by atoms with Gasteiger partial charge in [-0.2, -0.15) is 0 Å². The van der Waals surface area contributed by atoms with E-state index in [-0.39, 0.29) is 21.2 Å². The normalized spacial score (nSPS) is 19.8. The highest BCUT2D eigenvalue weighted by Crippen LogP contribution is 2.31. The standard InChI is InChI=1S/C23H28ClN3O4S/c24-20-7-1-2-8-22(20)32(30,31)25-18-9-10-21(19(14-18)23(28)29)27-13-5-6-17(16-27)15-26-11-3-4-12-26/h1-2,7-10,14,17,25H,3-6,11-13,15-16H2,(H,28,29)/t17-/m0/s1. The molecule has 2 aliphatic rings. The molecule has 172 valence electrons. The fourth-order valence-corrected chi connectivity index (χ4v) is 6.25. The van der Waals surface area contributed by atoms with Gasteiger partial charge in [0.15, 0.2) is 0 Å². The molecule has 2 N–H and O–H groups in total. The largest absolute Gasteiger partial charge is 0.478 e. The van der Waals surface area contributed by atoms with Crippen LogP contribution in [0.3, 0.4) is 0 Å². The maximum absolute atomic E-state index is 12.7. The lowest BCUT2D eigenvalue weighted by Crippen LogP contribution is -2.41. The number of hydrogen-bond donors (Lipinski definition) is 2. The van der Waals surface area contributed by atoms with E-state index in [4.69, 9.17) is 11.6 Å². The number of sulfonamides is 1. The van der Waals surface area contributed by atoms with Crippen molar-refractivity contribution >= 4 is 39.0 Å². The second-order valence-electron chi connectivity index (χ2n) is 8.53. The van der Waals surface area contributed by atoms with E-state index < -0.39 is 16.0 Å². The Hall–Kier alpha value is -2.29. The maximum Gasteiger partial charge on any atom is 0.337 e. The number of piperidine rings is 1. The molecule has 2 heterocycles. The summed E-state index contributed by atoms with van der Waals surface area (Å²) in [6, 6.07) is 10.8. The van der Waals surface area contributed by atoms with Gasteiger partial charge in [0.05, 0.1) is 16.3 Å². The van der Waals surface area contributed by atoms with Crippen LogP contribution in [-0.2, 0) is 10.0 Å². The average Bonchev–Trinajstić information content (AvgIpc) is 3.27. The first-order chi connectivity index (χ1) is 15.3. The second kappa shape index (κ2) is 9.68. The monoisotopic (exact) mass is 477 g/mol. The summed E-state index contributed by atoms with van der Waals surface area (Å²) in [5, 5.41) is 9.95. The van der Waals surface area contributed by atoms with Gasteiger partial charge in [0.25, 0.3) is 10.0 Å². The predicted octanol–water partition coefficient (Wildman–Crippen LogP) is 4.15. The van der Waals surface area contributed by atoms with Gasteiger partial charge in [-0.25, -0.2) is 13.2 Å². The molecule has 0 amide bonds. The van der Waals surface area contributed by atoms with Crippen molar-refractivity contribution in [2.45, 2.75) is 30.6 Å². The zero-order valence-corrected chi connectivity index (χ0v) is 19.4. The molecule has 7 nitrogen and oxygen atoms in total. The van der Waals surface area contributed by atoms with E-state index in [1.807, 2.05) is 0 Å². The Morgan fingerprint density at radius 2 is 1.84 bits per heavy atom. The van der Waals surface area contributed by atoms with Crippen LogP contribution in [0.2, 0.25) is 5.02 Å². The van der Waals surface area contributed by atoms with E-state index in [0.29, 0.717) is 11.6 Å². The van der Waals surface area contributed by atoms with Crippen molar-refractivity contribution in [3.8, 4) is 0 Å². The second-order valence-corrected chi connectivity index (χ2v) is 10.6. The molecule has 9 heteroatoms. The van der Waals surface area contributed by atoms with Crippen LogP contribution in [0.1, 0.15) is 36.0 Å². The van der Waals surface area contributed by atoms with Crippen molar-refractivity contribution in [1.29, 1.82) is 0 Å². The molecule has 0 spiro atoms. The number of hydrogen-bond acceptors (Lipinski definition) is 5. The summed E-state index contributed by atoms with van der Waals surface area (Å²) in [6.45, 7) is 4.95. The Morgan fingerprint density at radius 3 is 2.56 bits per heavy atom. The minimum absolute atomic E-state index is 0.0524. The first-order valence-electron chi connectivity index (χ1n) is 11.0. The summed E-state index contributed by atoms with van der Waals surface area (Å²) in [5.74, 6) is -0.581. The van der Waals surface area contributed by atoms with Crippen molar-refractivity contribution in [2.24, 2.45) is 5.92 Å².